The minimum atomic E-state index is 0.838. The van der Waals surface area contributed by atoms with E-state index in [2.05, 4.69) is 30.8 Å². The van der Waals surface area contributed by atoms with E-state index in [1.54, 1.807) is 0 Å². The lowest BCUT2D eigenvalue weighted by atomic mass is 10.2. The second kappa shape index (κ2) is 10.5. The second-order valence-electron chi connectivity index (χ2n) is 4.65. The van der Waals surface area contributed by atoms with E-state index in [0.29, 0.717) is 0 Å². The van der Waals surface area contributed by atoms with Gasteiger partial charge in [-0.05, 0) is 45.5 Å². The van der Waals surface area contributed by atoms with Crippen molar-refractivity contribution in [2.24, 2.45) is 0 Å². The molecule has 0 fully saturated rings. The fourth-order valence-corrected chi connectivity index (χ4v) is 2.42. The molecule has 19 heavy (non-hydrogen) atoms. The first-order valence-corrected chi connectivity index (χ1v) is 8.08. The molecule has 0 atom stereocenters. The molecule has 0 saturated carbocycles. The number of nitrogens with zero attached hydrogens (tertiary/aromatic N) is 2. The van der Waals surface area contributed by atoms with Gasteiger partial charge in [0, 0.05) is 13.6 Å². The average molecular weight is 301 g/mol. The fraction of sp³-hybridized carbons (Fsp3) is 0.733. The number of anilines is 1. The molecule has 0 amide bonds. The van der Waals surface area contributed by atoms with Crippen molar-refractivity contribution < 1.29 is 0 Å². The van der Waals surface area contributed by atoms with Crippen molar-refractivity contribution in [3.8, 4) is 0 Å². The number of unbranched alkanes of at least 4 members (excludes halogenated alkanes) is 1. The molecule has 0 heterocycles. The molecule has 0 saturated heterocycles. The quantitative estimate of drug-likeness (QED) is 0.511. The van der Waals surface area contributed by atoms with Crippen molar-refractivity contribution in [2.45, 2.75) is 40.0 Å². The lowest BCUT2D eigenvalue weighted by molar-refractivity contribution is 0.327. The Bertz CT molecular complexity index is 408. The van der Waals surface area contributed by atoms with Crippen LogP contribution in [0.5, 0.6) is 0 Å². The summed E-state index contributed by atoms with van der Waals surface area (Å²) >= 11 is 10.2. The summed E-state index contributed by atoms with van der Waals surface area (Å²) in [7, 11) is 4.28. The van der Waals surface area contributed by atoms with Crippen molar-refractivity contribution in [1.82, 2.24) is 4.90 Å². The van der Waals surface area contributed by atoms with Crippen LogP contribution in [-0.2, 0) is 0 Å². The molecule has 0 aliphatic carbocycles. The molecule has 0 aromatic heterocycles. The second-order valence-corrected chi connectivity index (χ2v) is 5.50. The van der Waals surface area contributed by atoms with Crippen LogP contribution in [0.3, 0.4) is 0 Å². The van der Waals surface area contributed by atoms with Gasteiger partial charge >= 0.3 is 0 Å². The average Bonchev–Trinajstić information content (AvgIpc) is 2.42. The summed E-state index contributed by atoms with van der Waals surface area (Å²) in [6, 6.07) is 2.00. The molecule has 1 aromatic carbocycles. The SMILES string of the molecule is CC.CCCN(C)CCCCN(C)c1cc(=S)c1=S. The van der Waals surface area contributed by atoms with Crippen LogP contribution in [0, 0.1) is 9.02 Å². The molecule has 1 rings (SSSR count). The minimum absolute atomic E-state index is 0.838. The van der Waals surface area contributed by atoms with Crippen LogP contribution >= 0.6 is 24.4 Å². The summed E-state index contributed by atoms with van der Waals surface area (Å²) in [6.07, 6.45) is 3.68. The van der Waals surface area contributed by atoms with E-state index < -0.39 is 0 Å². The van der Waals surface area contributed by atoms with Gasteiger partial charge in [0.2, 0.25) is 0 Å². The summed E-state index contributed by atoms with van der Waals surface area (Å²) < 4.78 is 1.70. The first kappa shape index (κ1) is 18.7. The van der Waals surface area contributed by atoms with Gasteiger partial charge in [0.1, 0.15) is 0 Å². The summed E-state index contributed by atoms with van der Waals surface area (Å²) in [6.45, 7) is 9.66. The number of hydrogen-bond acceptors (Lipinski definition) is 4. The molecule has 2 nitrogen and oxygen atoms in total. The molecule has 1 aromatic rings. The van der Waals surface area contributed by atoms with Gasteiger partial charge in [0.15, 0.2) is 0 Å². The van der Waals surface area contributed by atoms with Gasteiger partial charge in [-0.15, -0.1) is 0 Å². The topological polar surface area (TPSA) is 6.48 Å². The normalized spacial score (nSPS) is 10.4. The molecule has 0 aliphatic rings. The van der Waals surface area contributed by atoms with Crippen molar-refractivity contribution in [1.29, 1.82) is 0 Å². The maximum Gasteiger partial charge on any atom is 0.0792 e. The van der Waals surface area contributed by atoms with E-state index in [-0.39, 0.29) is 0 Å². The van der Waals surface area contributed by atoms with E-state index in [4.69, 9.17) is 24.4 Å². The largest absolute Gasteiger partial charge is 0.373 e. The van der Waals surface area contributed by atoms with E-state index in [1.165, 1.54) is 32.4 Å². The summed E-state index contributed by atoms with van der Waals surface area (Å²) in [4.78, 5) is 4.61. The molecule has 0 aliphatic heterocycles. The summed E-state index contributed by atoms with van der Waals surface area (Å²) in [5.41, 5.74) is 1.15. The highest BCUT2D eigenvalue weighted by molar-refractivity contribution is 7.74. The molecular weight excluding hydrogens is 272 g/mol. The Labute approximate surface area is 129 Å². The lowest BCUT2D eigenvalue weighted by Gasteiger charge is -2.22. The predicted molar refractivity (Wildman–Crippen MR) is 92.1 cm³/mol. The van der Waals surface area contributed by atoms with E-state index in [0.717, 1.165) is 21.3 Å². The van der Waals surface area contributed by atoms with Crippen LogP contribution < -0.4 is 4.90 Å². The molecular formula is C15H28N2S2. The van der Waals surface area contributed by atoms with Crippen LogP contribution in [0.2, 0.25) is 0 Å². The zero-order valence-corrected chi connectivity index (χ0v) is 14.7. The van der Waals surface area contributed by atoms with Gasteiger partial charge in [-0.2, -0.15) is 0 Å². The third kappa shape index (κ3) is 6.59. The molecule has 4 heteroatoms. The fourth-order valence-electron chi connectivity index (χ4n) is 1.93. The van der Waals surface area contributed by atoms with Crippen LogP contribution in [-0.4, -0.2) is 38.6 Å². The Morgan fingerprint density at radius 3 is 2.05 bits per heavy atom. The lowest BCUT2D eigenvalue weighted by Crippen LogP contribution is -2.23. The molecule has 0 unspecified atom stereocenters. The highest BCUT2D eigenvalue weighted by Gasteiger charge is 2.07. The first-order chi connectivity index (χ1) is 9.06. The van der Waals surface area contributed by atoms with Crippen LogP contribution in [0.1, 0.15) is 40.0 Å². The Hall–Kier alpha value is -0.320. The Kier molecular flexibility index (Phi) is 10.3. The van der Waals surface area contributed by atoms with E-state index in [1.807, 2.05) is 19.9 Å². The maximum atomic E-state index is 5.20. The van der Waals surface area contributed by atoms with E-state index in [9.17, 15) is 0 Å². The third-order valence-corrected chi connectivity index (χ3v) is 3.90. The summed E-state index contributed by atoms with van der Waals surface area (Å²) in [5, 5.41) is 0. The predicted octanol–water partition coefficient (Wildman–Crippen LogP) is 4.61. The van der Waals surface area contributed by atoms with Gasteiger partial charge < -0.3 is 9.80 Å². The third-order valence-electron chi connectivity index (χ3n) is 3.02. The minimum Gasteiger partial charge on any atom is -0.373 e. The van der Waals surface area contributed by atoms with Crippen molar-refractivity contribution in [2.75, 3.05) is 38.6 Å². The van der Waals surface area contributed by atoms with Gasteiger partial charge in [-0.3, -0.25) is 0 Å². The Morgan fingerprint density at radius 1 is 1.00 bits per heavy atom. The molecule has 0 N–H and O–H groups in total. The van der Waals surface area contributed by atoms with Gasteiger partial charge in [-0.25, -0.2) is 0 Å². The van der Waals surface area contributed by atoms with Crippen molar-refractivity contribution >= 4 is 30.1 Å². The highest BCUT2D eigenvalue weighted by atomic mass is 32.1. The van der Waals surface area contributed by atoms with E-state index >= 15 is 0 Å². The monoisotopic (exact) mass is 300 g/mol. The highest BCUT2D eigenvalue weighted by Crippen LogP contribution is 2.21. The van der Waals surface area contributed by atoms with Crippen LogP contribution in [0.25, 0.3) is 0 Å². The van der Waals surface area contributed by atoms with Crippen molar-refractivity contribution in [3.05, 3.63) is 15.1 Å². The molecule has 0 bridgehead atoms. The summed E-state index contributed by atoms with van der Waals surface area (Å²) in [5.74, 6) is 0. The molecule has 110 valence electrons. The standard InChI is InChI=1S/C13H22N2S2.C2H6/c1-4-7-14(2)8-5-6-9-15(3)11-10-12(16)13(11)17;1-2/h10H,4-9H2,1-3H3;1-2H3. The number of hydrogen-bond donors (Lipinski definition) is 0. The van der Waals surface area contributed by atoms with Crippen molar-refractivity contribution in [3.63, 3.8) is 0 Å². The Morgan fingerprint density at radius 2 is 1.58 bits per heavy atom. The van der Waals surface area contributed by atoms with Crippen LogP contribution in [0.4, 0.5) is 5.69 Å². The zero-order valence-electron chi connectivity index (χ0n) is 13.0. The van der Waals surface area contributed by atoms with Gasteiger partial charge in [0.05, 0.1) is 14.7 Å². The molecule has 0 spiro atoms. The zero-order chi connectivity index (χ0) is 14.8. The number of rotatable bonds is 8. The molecule has 0 radical (unpaired) electrons. The maximum absolute atomic E-state index is 5.20. The van der Waals surface area contributed by atoms with Gasteiger partial charge in [0.25, 0.3) is 0 Å². The Balaban J connectivity index is 0.00000154. The van der Waals surface area contributed by atoms with Gasteiger partial charge in [-0.1, -0.05) is 45.2 Å². The smallest absolute Gasteiger partial charge is 0.0792 e. The van der Waals surface area contributed by atoms with Crippen LogP contribution in [0.15, 0.2) is 6.07 Å². The first-order valence-electron chi connectivity index (χ1n) is 7.26.